The van der Waals surface area contributed by atoms with Crippen molar-refractivity contribution < 1.29 is 4.42 Å². The molecular formula is C25H20N2O. The van der Waals surface area contributed by atoms with Gasteiger partial charge in [-0.1, -0.05) is 86.6 Å². The average molecular weight is 364 g/mol. The Bertz CT molecular complexity index is 1270. The molecular weight excluding hydrogens is 344 g/mol. The summed E-state index contributed by atoms with van der Waals surface area (Å²) in [7, 11) is 0. The van der Waals surface area contributed by atoms with Crippen LogP contribution in [-0.2, 0) is 0 Å². The number of hydrogen-bond donors (Lipinski definition) is 0. The van der Waals surface area contributed by atoms with Crippen LogP contribution in [0.4, 0.5) is 0 Å². The van der Waals surface area contributed by atoms with Crippen molar-refractivity contribution in [2.75, 3.05) is 0 Å². The second-order valence-corrected chi connectivity index (χ2v) is 7.31. The van der Waals surface area contributed by atoms with Gasteiger partial charge in [-0.15, -0.1) is 0 Å². The van der Waals surface area contributed by atoms with Crippen molar-refractivity contribution in [2.45, 2.75) is 19.8 Å². The molecule has 0 amide bonds. The predicted octanol–water partition coefficient (Wildman–Crippen LogP) is 6.83. The van der Waals surface area contributed by atoms with Crippen LogP contribution in [0.1, 0.15) is 25.6 Å². The van der Waals surface area contributed by atoms with E-state index in [1.54, 1.807) is 0 Å². The fraction of sp³-hybridized carbons (Fsp3) is 0.120. The van der Waals surface area contributed by atoms with Gasteiger partial charge in [0, 0.05) is 16.9 Å². The van der Waals surface area contributed by atoms with Gasteiger partial charge in [-0.05, 0) is 17.2 Å². The van der Waals surface area contributed by atoms with Crippen molar-refractivity contribution in [1.29, 1.82) is 0 Å². The van der Waals surface area contributed by atoms with Gasteiger partial charge in [0.2, 0.25) is 5.71 Å². The smallest absolute Gasteiger partial charge is 0.231 e. The molecule has 0 atom stereocenters. The van der Waals surface area contributed by atoms with E-state index in [9.17, 15) is 0 Å². The molecule has 0 saturated carbocycles. The van der Waals surface area contributed by atoms with Gasteiger partial charge in [0.05, 0.1) is 11.1 Å². The summed E-state index contributed by atoms with van der Waals surface area (Å²) >= 11 is 0. The number of para-hydroxylation sites is 1. The molecule has 136 valence electrons. The SMILES string of the molecule is CC(C)c1nc(-c2ccc(-c3ccccc3)cc2)c2c(n1)oc1ccccc12. The van der Waals surface area contributed by atoms with E-state index >= 15 is 0 Å². The van der Waals surface area contributed by atoms with Crippen LogP contribution < -0.4 is 0 Å². The van der Waals surface area contributed by atoms with Crippen LogP contribution in [0.25, 0.3) is 44.5 Å². The lowest BCUT2D eigenvalue weighted by molar-refractivity contribution is 0.643. The molecule has 3 aromatic carbocycles. The van der Waals surface area contributed by atoms with E-state index in [1.165, 1.54) is 11.1 Å². The quantitative estimate of drug-likeness (QED) is 0.352. The van der Waals surface area contributed by atoms with Gasteiger partial charge in [-0.3, -0.25) is 0 Å². The molecule has 3 heteroatoms. The summed E-state index contributed by atoms with van der Waals surface area (Å²) in [5.41, 5.74) is 5.89. The molecule has 0 aliphatic carbocycles. The zero-order valence-corrected chi connectivity index (χ0v) is 15.9. The third-order valence-electron chi connectivity index (χ3n) is 5.04. The molecule has 2 aromatic heterocycles. The molecule has 0 bridgehead atoms. The fourth-order valence-corrected chi connectivity index (χ4v) is 3.56. The molecule has 2 heterocycles. The minimum atomic E-state index is 0.222. The number of hydrogen-bond acceptors (Lipinski definition) is 3. The number of aromatic nitrogens is 2. The molecule has 0 unspecified atom stereocenters. The first kappa shape index (κ1) is 16.7. The maximum absolute atomic E-state index is 6.05. The van der Waals surface area contributed by atoms with E-state index in [2.05, 4.69) is 73.4 Å². The maximum Gasteiger partial charge on any atom is 0.231 e. The second kappa shape index (κ2) is 6.61. The lowest BCUT2D eigenvalue weighted by Crippen LogP contribution is -1.99. The molecule has 0 aliphatic heterocycles. The fourth-order valence-electron chi connectivity index (χ4n) is 3.56. The highest BCUT2D eigenvalue weighted by Gasteiger charge is 2.18. The van der Waals surface area contributed by atoms with E-state index in [-0.39, 0.29) is 5.92 Å². The van der Waals surface area contributed by atoms with E-state index in [0.29, 0.717) is 5.71 Å². The summed E-state index contributed by atoms with van der Waals surface area (Å²) < 4.78 is 6.05. The summed E-state index contributed by atoms with van der Waals surface area (Å²) in [4.78, 5) is 9.61. The predicted molar refractivity (Wildman–Crippen MR) is 114 cm³/mol. The monoisotopic (exact) mass is 364 g/mol. The Kier molecular flexibility index (Phi) is 3.94. The van der Waals surface area contributed by atoms with Crippen molar-refractivity contribution in [3.63, 3.8) is 0 Å². The van der Waals surface area contributed by atoms with Gasteiger partial charge < -0.3 is 4.42 Å². The number of benzene rings is 3. The standard InChI is InChI=1S/C25H20N2O/c1-16(2)24-26-23(22-20-10-6-7-11-21(20)28-25(22)27-24)19-14-12-18(13-15-19)17-8-4-3-5-9-17/h3-16H,1-2H3. The topological polar surface area (TPSA) is 38.9 Å². The van der Waals surface area contributed by atoms with Crippen LogP contribution in [0.15, 0.2) is 83.3 Å². The molecule has 0 radical (unpaired) electrons. The van der Waals surface area contributed by atoms with Gasteiger partial charge in [-0.2, -0.15) is 4.98 Å². The Morgan fingerprint density at radius 3 is 2.07 bits per heavy atom. The lowest BCUT2D eigenvalue weighted by atomic mass is 10.0. The molecule has 0 spiro atoms. The summed E-state index contributed by atoms with van der Waals surface area (Å²) in [5.74, 6) is 1.02. The molecule has 28 heavy (non-hydrogen) atoms. The van der Waals surface area contributed by atoms with Gasteiger partial charge in [0.15, 0.2) is 0 Å². The first-order valence-corrected chi connectivity index (χ1v) is 9.56. The first-order valence-electron chi connectivity index (χ1n) is 9.56. The highest BCUT2D eigenvalue weighted by molar-refractivity contribution is 6.10. The molecule has 5 rings (SSSR count). The van der Waals surface area contributed by atoms with Crippen molar-refractivity contribution >= 4 is 22.1 Å². The number of rotatable bonds is 3. The highest BCUT2D eigenvalue weighted by atomic mass is 16.3. The average Bonchev–Trinajstić information content (AvgIpc) is 3.12. The summed E-state index contributed by atoms with van der Waals surface area (Å²) in [6.45, 7) is 4.21. The Balaban J connectivity index is 1.73. The Hall–Kier alpha value is -3.46. The minimum absolute atomic E-state index is 0.222. The van der Waals surface area contributed by atoms with Crippen LogP contribution in [0.3, 0.4) is 0 Å². The Morgan fingerprint density at radius 2 is 1.32 bits per heavy atom. The maximum atomic E-state index is 6.05. The van der Waals surface area contributed by atoms with Gasteiger partial charge >= 0.3 is 0 Å². The van der Waals surface area contributed by atoms with E-state index in [1.807, 2.05) is 24.3 Å². The molecule has 5 aromatic rings. The molecule has 0 N–H and O–H groups in total. The Labute approximate surface area is 163 Å². The van der Waals surface area contributed by atoms with Gasteiger partial charge in [0.1, 0.15) is 11.4 Å². The van der Waals surface area contributed by atoms with Crippen LogP contribution in [-0.4, -0.2) is 9.97 Å². The van der Waals surface area contributed by atoms with Crippen LogP contribution >= 0.6 is 0 Å². The molecule has 3 nitrogen and oxygen atoms in total. The van der Waals surface area contributed by atoms with Gasteiger partial charge in [0.25, 0.3) is 0 Å². The van der Waals surface area contributed by atoms with E-state index in [0.717, 1.165) is 33.4 Å². The summed E-state index contributed by atoms with van der Waals surface area (Å²) in [6, 6.07) is 27.0. The third kappa shape index (κ3) is 2.76. The van der Waals surface area contributed by atoms with Crippen LogP contribution in [0.5, 0.6) is 0 Å². The zero-order valence-electron chi connectivity index (χ0n) is 15.9. The van der Waals surface area contributed by atoms with E-state index < -0.39 is 0 Å². The van der Waals surface area contributed by atoms with Crippen molar-refractivity contribution in [3.05, 3.63) is 84.7 Å². The zero-order chi connectivity index (χ0) is 19.1. The van der Waals surface area contributed by atoms with Crippen LogP contribution in [0.2, 0.25) is 0 Å². The van der Waals surface area contributed by atoms with Crippen molar-refractivity contribution in [2.24, 2.45) is 0 Å². The van der Waals surface area contributed by atoms with Gasteiger partial charge in [-0.25, -0.2) is 4.98 Å². The third-order valence-corrected chi connectivity index (χ3v) is 5.04. The summed E-state index contributed by atoms with van der Waals surface area (Å²) in [5, 5.41) is 2.03. The number of nitrogens with zero attached hydrogens (tertiary/aromatic N) is 2. The number of furan rings is 1. The first-order chi connectivity index (χ1) is 13.7. The lowest BCUT2D eigenvalue weighted by Gasteiger charge is -2.09. The highest BCUT2D eigenvalue weighted by Crippen LogP contribution is 2.36. The van der Waals surface area contributed by atoms with E-state index in [4.69, 9.17) is 9.40 Å². The summed E-state index contributed by atoms with van der Waals surface area (Å²) in [6.07, 6.45) is 0. The minimum Gasteiger partial charge on any atom is -0.438 e. The largest absolute Gasteiger partial charge is 0.438 e. The number of fused-ring (bicyclic) bond motifs is 3. The van der Waals surface area contributed by atoms with Crippen LogP contribution in [0, 0.1) is 0 Å². The van der Waals surface area contributed by atoms with Crippen molar-refractivity contribution in [1.82, 2.24) is 9.97 Å². The molecule has 0 aliphatic rings. The molecule has 0 saturated heterocycles. The second-order valence-electron chi connectivity index (χ2n) is 7.31. The normalized spacial score (nSPS) is 11.5. The molecule has 0 fully saturated rings. The Morgan fingerprint density at radius 1 is 0.679 bits per heavy atom. The van der Waals surface area contributed by atoms with Crippen molar-refractivity contribution in [3.8, 4) is 22.4 Å².